The average Bonchev–Trinajstić information content (AvgIpc) is 3.18. The number of hydrogen-bond donors (Lipinski definition) is 3. The molecule has 6 rings (SSSR count). The van der Waals surface area contributed by atoms with Crippen LogP contribution in [-0.4, -0.2) is 62.6 Å². The van der Waals surface area contributed by atoms with Crippen molar-refractivity contribution in [3.05, 3.63) is 40.2 Å². The molecule has 2 aromatic rings. The number of nitrogens with zero attached hydrogens (tertiary/aromatic N) is 4. The van der Waals surface area contributed by atoms with Crippen LogP contribution in [0.3, 0.4) is 0 Å². The van der Waals surface area contributed by atoms with E-state index in [0.29, 0.717) is 41.5 Å². The second kappa shape index (κ2) is 8.12. The monoisotopic (exact) mass is 483 g/mol. The number of nitrogens with one attached hydrogen (secondary N) is 3. The number of carbonyl (C=O) groups excluding carboxylic acids is 3. The number of carbonyl (C=O) groups is 3. The maximum Gasteiger partial charge on any atom is 0.326 e. The molecule has 1 aliphatic carbocycles. The molecule has 0 bridgehead atoms. The minimum atomic E-state index is -0.951. The second-order valence-electron chi connectivity index (χ2n) is 8.83. The summed E-state index contributed by atoms with van der Waals surface area (Å²) in [6, 6.07) is 1.76. The number of halogens is 1. The van der Waals surface area contributed by atoms with E-state index in [1.165, 1.54) is 11.8 Å². The summed E-state index contributed by atoms with van der Waals surface area (Å²) in [4.78, 5) is 43.3. The van der Waals surface area contributed by atoms with Gasteiger partial charge in [-0.15, -0.1) is 11.8 Å². The summed E-state index contributed by atoms with van der Waals surface area (Å²) in [6.45, 7) is 0.596. The number of hydrogen-bond acceptors (Lipinski definition) is 7. The van der Waals surface area contributed by atoms with Crippen LogP contribution >= 0.6 is 11.8 Å². The van der Waals surface area contributed by atoms with Crippen molar-refractivity contribution in [2.75, 3.05) is 18.4 Å². The number of amides is 4. The Bertz CT molecular complexity index is 1280. The SMILES string of the molecule is O=C1NC(=O)/C(=C/c2cnn3c(NC4CC4)cc(C4CC=C(C(=O)N5CC[C@H](F)C5)S4)nc23)N1. The van der Waals surface area contributed by atoms with Gasteiger partial charge in [-0.3, -0.25) is 14.9 Å². The number of fused-ring (bicyclic) bond motifs is 1. The Morgan fingerprint density at radius 1 is 1.26 bits per heavy atom. The maximum atomic E-state index is 13.6. The first-order chi connectivity index (χ1) is 16.4. The topological polar surface area (TPSA) is 121 Å². The standard InChI is InChI=1S/C22H22FN7O3S/c23-12-5-6-29(10-12)21(32)17-4-3-16(34-17)14-8-18(25-13-1-2-13)30-19(26-14)11(9-24-30)7-15-20(31)28-22(33)27-15/h4,7-9,12-13,16,25H,1-3,5-6,10H2,(H2,27,28,31,33)/b15-7-/t12-,16?/m0/s1. The lowest BCUT2D eigenvalue weighted by molar-refractivity contribution is -0.125. The molecule has 0 spiro atoms. The van der Waals surface area contributed by atoms with Crippen LogP contribution in [-0.2, 0) is 9.59 Å². The fourth-order valence-corrected chi connectivity index (χ4v) is 5.45. The molecule has 1 saturated carbocycles. The summed E-state index contributed by atoms with van der Waals surface area (Å²) in [6.07, 6.45) is 7.28. The number of alkyl halides is 1. The summed E-state index contributed by atoms with van der Waals surface area (Å²) < 4.78 is 15.3. The van der Waals surface area contributed by atoms with Crippen molar-refractivity contribution in [1.29, 1.82) is 0 Å². The molecule has 3 aliphatic heterocycles. The molecule has 5 heterocycles. The van der Waals surface area contributed by atoms with Crippen LogP contribution in [0.15, 0.2) is 28.9 Å². The van der Waals surface area contributed by atoms with E-state index >= 15 is 0 Å². The van der Waals surface area contributed by atoms with Crippen LogP contribution in [0.2, 0.25) is 0 Å². The fraction of sp³-hybridized carbons (Fsp3) is 0.409. The van der Waals surface area contributed by atoms with Gasteiger partial charge in [-0.25, -0.2) is 14.2 Å². The number of imide groups is 1. The van der Waals surface area contributed by atoms with E-state index in [-0.39, 0.29) is 23.4 Å². The zero-order valence-electron chi connectivity index (χ0n) is 18.1. The highest BCUT2D eigenvalue weighted by atomic mass is 32.2. The minimum absolute atomic E-state index is 0.0719. The van der Waals surface area contributed by atoms with Crippen molar-refractivity contribution in [3.63, 3.8) is 0 Å². The molecule has 0 aromatic carbocycles. The third-order valence-electron chi connectivity index (χ3n) is 6.21. The van der Waals surface area contributed by atoms with Crippen molar-refractivity contribution < 1.29 is 18.8 Å². The van der Waals surface area contributed by atoms with Gasteiger partial charge in [-0.2, -0.15) is 9.61 Å². The molecule has 3 fully saturated rings. The summed E-state index contributed by atoms with van der Waals surface area (Å²) in [7, 11) is 0. The first kappa shape index (κ1) is 21.1. The highest BCUT2D eigenvalue weighted by Crippen LogP contribution is 2.45. The molecule has 0 radical (unpaired) electrons. The van der Waals surface area contributed by atoms with Crippen LogP contribution in [0.4, 0.5) is 15.0 Å². The van der Waals surface area contributed by atoms with Gasteiger partial charge >= 0.3 is 6.03 Å². The normalized spacial score (nSPS) is 25.7. The van der Waals surface area contributed by atoms with Crippen molar-refractivity contribution in [2.45, 2.75) is 43.1 Å². The van der Waals surface area contributed by atoms with Crippen molar-refractivity contribution in [2.24, 2.45) is 0 Å². The van der Waals surface area contributed by atoms with Gasteiger partial charge in [0.1, 0.15) is 17.7 Å². The lowest BCUT2D eigenvalue weighted by Crippen LogP contribution is -2.29. The van der Waals surface area contributed by atoms with E-state index in [4.69, 9.17) is 4.98 Å². The molecule has 2 atom stereocenters. The molecular weight excluding hydrogens is 461 g/mol. The molecule has 3 N–H and O–H groups in total. The van der Waals surface area contributed by atoms with Gasteiger partial charge in [0, 0.05) is 24.2 Å². The highest BCUT2D eigenvalue weighted by Gasteiger charge is 2.33. The van der Waals surface area contributed by atoms with Crippen LogP contribution in [0.1, 0.15) is 42.2 Å². The van der Waals surface area contributed by atoms with Crippen molar-refractivity contribution in [1.82, 2.24) is 30.1 Å². The van der Waals surface area contributed by atoms with E-state index in [1.54, 1.807) is 21.7 Å². The number of urea groups is 1. The Balaban J connectivity index is 1.31. The molecule has 2 saturated heterocycles. The van der Waals surface area contributed by atoms with E-state index in [9.17, 15) is 18.8 Å². The van der Waals surface area contributed by atoms with Gasteiger partial charge in [0.25, 0.3) is 11.8 Å². The molecule has 2 aromatic heterocycles. The van der Waals surface area contributed by atoms with Gasteiger partial charge in [-0.1, -0.05) is 6.08 Å². The molecule has 10 nitrogen and oxygen atoms in total. The predicted molar refractivity (Wildman–Crippen MR) is 123 cm³/mol. The quantitative estimate of drug-likeness (QED) is 0.440. The molecule has 4 aliphatic rings. The molecule has 34 heavy (non-hydrogen) atoms. The molecule has 12 heteroatoms. The molecule has 1 unspecified atom stereocenters. The highest BCUT2D eigenvalue weighted by molar-refractivity contribution is 8.04. The number of anilines is 1. The number of rotatable bonds is 5. The van der Waals surface area contributed by atoms with Gasteiger partial charge in [0.15, 0.2) is 5.65 Å². The predicted octanol–water partition coefficient (Wildman–Crippen LogP) is 2.12. The van der Waals surface area contributed by atoms with Crippen LogP contribution in [0.25, 0.3) is 11.7 Å². The third kappa shape index (κ3) is 3.91. The van der Waals surface area contributed by atoms with Gasteiger partial charge in [0.05, 0.1) is 28.6 Å². The molecular formula is C22H22FN7O3S. The first-order valence-corrected chi connectivity index (χ1v) is 12.1. The Morgan fingerprint density at radius 2 is 2.12 bits per heavy atom. The van der Waals surface area contributed by atoms with Gasteiger partial charge in [0.2, 0.25) is 0 Å². The fourth-order valence-electron chi connectivity index (χ4n) is 4.28. The van der Waals surface area contributed by atoms with Gasteiger partial charge < -0.3 is 15.5 Å². The van der Waals surface area contributed by atoms with Gasteiger partial charge in [-0.05, 0) is 31.8 Å². The number of thioether (sulfide) groups is 1. The minimum Gasteiger partial charge on any atom is -0.367 e. The average molecular weight is 484 g/mol. The third-order valence-corrected chi connectivity index (χ3v) is 7.53. The smallest absolute Gasteiger partial charge is 0.326 e. The number of aromatic nitrogens is 3. The Kier molecular flexibility index (Phi) is 5.05. The lowest BCUT2D eigenvalue weighted by atomic mass is 10.2. The lowest BCUT2D eigenvalue weighted by Gasteiger charge is -2.17. The zero-order chi connectivity index (χ0) is 23.4. The van der Waals surface area contributed by atoms with E-state index < -0.39 is 18.1 Å². The van der Waals surface area contributed by atoms with E-state index in [1.807, 2.05) is 12.1 Å². The Morgan fingerprint density at radius 3 is 2.82 bits per heavy atom. The van der Waals surface area contributed by atoms with Crippen molar-refractivity contribution >= 4 is 47.1 Å². The Hall–Kier alpha value is -3.41. The first-order valence-electron chi connectivity index (χ1n) is 11.2. The summed E-state index contributed by atoms with van der Waals surface area (Å²) in [5.74, 6) is 0.156. The zero-order valence-corrected chi connectivity index (χ0v) is 18.9. The summed E-state index contributed by atoms with van der Waals surface area (Å²) >= 11 is 1.44. The number of allylic oxidation sites excluding steroid dienone is 1. The van der Waals surface area contributed by atoms with E-state index in [0.717, 1.165) is 24.4 Å². The van der Waals surface area contributed by atoms with Crippen molar-refractivity contribution in [3.8, 4) is 0 Å². The van der Waals surface area contributed by atoms with E-state index in [2.05, 4.69) is 21.0 Å². The maximum absolute atomic E-state index is 13.6. The largest absolute Gasteiger partial charge is 0.367 e. The second-order valence-corrected chi connectivity index (χ2v) is 10.1. The van der Waals surface area contributed by atoms with Crippen LogP contribution in [0, 0.1) is 0 Å². The molecule has 4 amide bonds. The summed E-state index contributed by atoms with van der Waals surface area (Å²) in [5.41, 5.74) is 2.04. The molecule has 176 valence electrons. The summed E-state index contributed by atoms with van der Waals surface area (Å²) in [5, 5.41) is 12.5. The number of likely N-dealkylation sites (tertiary alicyclic amines) is 1. The van der Waals surface area contributed by atoms with Crippen LogP contribution < -0.4 is 16.0 Å². The van der Waals surface area contributed by atoms with Crippen LogP contribution in [0.5, 0.6) is 0 Å². The Labute approximate surface area is 198 Å².